The molecule has 0 fully saturated rings. The minimum atomic E-state index is 0.213. The van der Waals surface area contributed by atoms with Crippen LogP contribution in [-0.4, -0.2) is 25.0 Å². The number of rotatable bonds is 8. The number of ether oxygens (including phenoxy) is 1. The molecule has 0 amide bonds. The van der Waals surface area contributed by atoms with Crippen molar-refractivity contribution in [2.24, 2.45) is 0 Å². The zero-order valence-corrected chi connectivity index (χ0v) is 19.8. The van der Waals surface area contributed by atoms with E-state index in [9.17, 15) is 0 Å². The van der Waals surface area contributed by atoms with E-state index in [1.165, 1.54) is 17.3 Å². The van der Waals surface area contributed by atoms with Crippen molar-refractivity contribution in [1.82, 2.24) is 25.0 Å². The first-order valence-electron chi connectivity index (χ1n) is 10.6. The number of nitrogens with zero attached hydrogens (tertiary/aromatic N) is 5. The molecule has 5 rings (SSSR count). The summed E-state index contributed by atoms with van der Waals surface area (Å²) in [6.07, 6.45) is 0. The van der Waals surface area contributed by atoms with Crippen LogP contribution in [0.4, 0.5) is 0 Å². The summed E-state index contributed by atoms with van der Waals surface area (Å²) in [5.74, 6) is 2.70. The van der Waals surface area contributed by atoms with Gasteiger partial charge in [0, 0.05) is 11.3 Å². The van der Waals surface area contributed by atoms with Crippen LogP contribution in [0.5, 0.6) is 5.75 Å². The second-order valence-corrected chi connectivity index (χ2v) is 8.79. The average molecular weight is 490 g/mol. The lowest BCUT2D eigenvalue weighted by Gasteiger charge is -2.11. The van der Waals surface area contributed by atoms with E-state index >= 15 is 0 Å². The van der Waals surface area contributed by atoms with Crippen LogP contribution >= 0.6 is 23.4 Å². The fourth-order valence-electron chi connectivity index (χ4n) is 3.28. The quantitative estimate of drug-likeness (QED) is 0.242. The molecular formula is C25H20ClN5O2S. The highest BCUT2D eigenvalue weighted by Crippen LogP contribution is 2.28. The van der Waals surface area contributed by atoms with E-state index in [1.54, 1.807) is 6.07 Å². The fraction of sp³-hybridized carbons (Fsp3) is 0.120. The van der Waals surface area contributed by atoms with Crippen molar-refractivity contribution in [3.63, 3.8) is 0 Å². The lowest BCUT2D eigenvalue weighted by atomic mass is 10.1. The number of para-hydroxylation sites is 2. The predicted octanol–water partition coefficient (Wildman–Crippen LogP) is 6.15. The van der Waals surface area contributed by atoms with Gasteiger partial charge in [0.05, 0.1) is 10.8 Å². The Labute approximate surface area is 205 Å². The van der Waals surface area contributed by atoms with Crippen LogP contribution in [0, 0.1) is 6.92 Å². The van der Waals surface area contributed by atoms with Crippen molar-refractivity contribution in [3.8, 4) is 22.9 Å². The number of hydrogen-bond acceptors (Lipinski definition) is 7. The van der Waals surface area contributed by atoms with Gasteiger partial charge in [-0.2, -0.15) is 0 Å². The molecule has 0 saturated heterocycles. The van der Waals surface area contributed by atoms with E-state index in [0.717, 1.165) is 11.3 Å². The summed E-state index contributed by atoms with van der Waals surface area (Å²) in [6.45, 7) is 2.25. The molecule has 7 nitrogen and oxygen atoms in total. The molecule has 0 bridgehead atoms. The molecule has 0 aliphatic carbocycles. The molecule has 2 aromatic heterocycles. The summed E-state index contributed by atoms with van der Waals surface area (Å²) in [7, 11) is 0. The van der Waals surface area contributed by atoms with Gasteiger partial charge in [0.15, 0.2) is 11.0 Å². The van der Waals surface area contributed by atoms with Gasteiger partial charge in [-0.05, 0) is 43.3 Å². The van der Waals surface area contributed by atoms with Gasteiger partial charge in [-0.3, -0.25) is 4.57 Å². The average Bonchev–Trinajstić information content (AvgIpc) is 3.50. The topological polar surface area (TPSA) is 78.9 Å². The smallest absolute Gasteiger partial charge is 0.247 e. The normalized spacial score (nSPS) is 11.0. The van der Waals surface area contributed by atoms with Gasteiger partial charge in [0.25, 0.3) is 0 Å². The highest BCUT2D eigenvalue weighted by Gasteiger charge is 2.17. The maximum absolute atomic E-state index is 6.23. The Morgan fingerprint density at radius 2 is 1.65 bits per heavy atom. The number of hydrogen-bond donors (Lipinski definition) is 0. The lowest BCUT2D eigenvalue weighted by Crippen LogP contribution is -2.06. The minimum absolute atomic E-state index is 0.213. The number of aromatic nitrogens is 5. The Morgan fingerprint density at radius 3 is 2.44 bits per heavy atom. The fourth-order valence-corrected chi connectivity index (χ4v) is 4.28. The largest absolute Gasteiger partial charge is 0.484 e. The van der Waals surface area contributed by atoms with E-state index in [2.05, 4.69) is 20.4 Å². The molecule has 9 heteroatoms. The molecule has 3 aromatic carbocycles. The molecule has 5 aromatic rings. The molecule has 0 saturated carbocycles. The first-order valence-corrected chi connectivity index (χ1v) is 11.9. The van der Waals surface area contributed by atoms with Crippen LogP contribution in [0.1, 0.15) is 17.3 Å². The molecule has 0 atom stereocenters. The Kier molecular flexibility index (Phi) is 6.60. The number of thioether (sulfide) groups is 1. The molecule has 0 aliphatic rings. The van der Waals surface area contributed by atoms with Gasteiger partial charge in [0.1, 0.15) is 12.4 Å². The van der Waals surface area contributed by atoms with Crippen molar-refractivity contribution < 1.29 is 9.15 Å². The molecule has 0 spiro atoms. The summed E-state index contributed by atoms with van der Waals surface area (Å²) in [5, 5.41) is 18.4. The molecule has 170 valence electrons. The Bertz CT molecular complexity index is 1390. The van der Waals surface area contributed by atoms with Crippen LogP contribution in [0.2, 0.25) is 5.02 Å². The van der Waals surface area contributed by atoms with E-state index in [4.69, 9.17) is 20.8 Å². The van der Waals surface area contributed by atoms with Crippen molar-refractivity contribution in [1.29, 1.82) is 0 Å². The second kappa shape index (κ2) is 10.1. The van der Waals surface area contributed by atoms with Crippen molar-refractivity contribution in [3.05, 3.63) is 101 Å². The third kappa shape index (κ3) is 4.98. The zero-order valence-electron chi connectivity index (χ0n) is 18.3. The first-order chi connectivity index (χ1) is 16.7. The zero-order chi connectivity index (χ0) is 23.3. The SMILES string of the molecule is Cc1ccc(-c2nnc(CSc3nnc(COc4ccccc4Cl)n3-c3ccccc3)o2)cc1. The Hall–Kier alpha value is -3.62. The van der Waals surface area contributed by atoms with Gasteiger partial charge < -0.3 is 9.15 Å². The Balaban J connectivity index is 1.35. The Morgan fingerprint density at radius 1 is 0.882 bits per heavy atom. The molecule has 0 radical (unpaired) electrons. The second-order valence-electron chi connectivity index (χ2n) is 7.44. The van der Waals surface area contributed by atoms with Crippen LogP contribution in [0.25, 0.3) is 17.1 Å². The molecule has 0 unspecified atom stereocenters. The van der Waals surface area contributed by atoms with Gasteiger partial charge >= 0.3 is 0 Å². The molecule has 0 N–H and O–H groups in total. The summed E-state index contributed by atoms with van der Waals surface area (Å²) in [6, 6.07) is 25.2. The van der Waals surface area contributed by atoms with Crippen molar-refractivity contribution in [2.75, 3.05) is 0 Å². The van der Waals surface area contributed by atoms with E-state index in [0.29, 0.717) is 39.3 Å². The molecule has 2 heterocycles. The van der Waals surface area contributed by atoms with Crippen molar-refractivity contribution >= 4 is 23.4 Å². The first kappa shape index (κ1) is 22.2. The summed E-state index contributed by atoms with van der Waals surface area (Å²) in [4.78, 5) is 0. The van der Waals surface area contributed by atoms with Gasteiger partial charge in [-0.25, -0.2) is 0 Å². The van der Waals surface area contributed by atoms with Crippen molar-refractivity contribution in [2.45, 2.75) is 24.4 Å². The molecule has 34 heavy (non-hydrogen) atoms. The highest BCUT2D eigenvalue weighted by molar-refractivity contribution is 7.98. The van der Waals surface area contributed by atoms with E-state index in [1.807, 2.05) is 84.3 Å². The minimum Gasteiger partial charge on any atom is -0.484 e. The number of benzene rings is 3. The summed E-state index contributed by atoms with van der Waals surface area (Å²) >= 11 is 7.69. The molecular weight excluding hydrogens is 470 g/mol. The van der Waals surface area contributed by atoms with E-state index in [-0.39, 0.29) is 6.61 Å². The third-order valence-corrected chi connectivity index (χ3v) is 6.22. The number of halogens is 1. The molecule has 0 aliphatic heterocycles. The standard InChI is InChI=1S/C25H20ClN5O2S/c1-17-11-13-18(14-12-17)24-29-28-23(33-24)16-34-25-30-27-22(31(25)19-7-3-2-4-8-19)15-32-21-10-6-5-9-20(21)26/h2-14H,15-16H2,1H3. The van der Waals surface area contributed by atoms with Crippen LogP contribution in [-0.2, 0) is 12.4 Å². The monoisotopic (exact) mass is 489 g/mol. The van der Waals surface area contributed by atoms with Crippen LogP contribution in [0.15, 0.2) is 88.4 Å². The van der Waals surface area contributed by atoms with Gasteiger partial charge in [-0.1, -0.05) is 71.4 Å². The summed E-state index contributed by atoms with van der Waals surface area (Å²) < 4.78 is 13.7. The van der Waals surface area contributed by atoms with Gasteiger partial charge in [0.2, 0.25) is 11.8 Å². The summed E-state index contributed by atoms with van der Waals surface area (Å²) in [5.41, 5.74) is 2.99. The predicted molar refractivity (Wildman–Crippen MR) is 131 cm³/mol. The number of aryl methyl sites for hydroxylation is 1. The van der Waals surface area contributed by atoms with Crippen LogP contribution in [0.3, 0.4) is 0 Å². The van der Waals surface area contributed by atoms with E-state index < -0.39 is 0 Å². The maximum atomic E-state index is 6.23. The van der Waals surface area contributed by atoms with Gasteiger partial charge in [-0.15, -0.1) is 20.4 Å². The lowest BCUT2D eigenvalue weighted by molar-refractivity contribution is 0.293. The van der Waals surface area contributed by atoms with Crippen LogP contribution < -0.4 is 4.74 Å². The third-order valence-electron chi connectivity index (χ3n) is 5.00. The highest BCUT2D eigenvalue weighted by atomic mass is 35.5. The maximum Gasteiger partial charge on any atom is 0.247 e.